The maximum atomic E-state index is 14.2. The summed E-state index contributed by atoms with van der Waals surface area (Å²) in [5.74, 6) is 1.42. The fraction of sp³-hybridized carbons (Fsp3) is 0.473. The largest absolute Gasteiger partial charge is 0.497 e. The van der Waals surface area contributed by atoms with Crippen molar-refractivity contribution in [1.82, 2.24) is 43.2 Å². The molecule has 5 aliphatic rings. The van der Waals surface area contributed by atoms with E-state index >= 15 is 0 Å². The van der Waals surface area contributed by atoms with Crippen LogP contribution in [0.3, 0.4) is 0 Å². The summed E-state index contributed by atoms with van der Waals surface area (Å²) in [6.07, 6.45) is 8.55. The first-order valence-corrected chi connectivity index (χ1v) is 26.3. The second-order valence-corrected chi connectivity index (χ2v) is 21.4. The normalized spacial score (nSPS) is 20.6. The van der Waals surface area contributed by atoms with Gasteiger partial charge >= 0.3 is 5.69 Å². The minimum absolute atomic E-state index is 0.136. The molecular formula is C55H64BrN9O5. The Balaban J connectivity index is 0.642. The Kier molecular flexibility index (Phi) is 13.3. The lowest BCUT2D eigenvalue weighted by Gasteiger charge is -2.39. The van der Waals surface area contributed by atoms with Crippen LogP contribution in [0.25, 0.3) is 22.1 Å². The van der Waals surface area contributed by atoms with Crippen LogP contribution in [0.4, 0.5) is 0 Å². The molecule has 0 spiro atoms. The molecule has 6 aromatic rings. The van der Waals surface area contributed by atoms with E-state index in [-0.39, 0.29) is 42.4 Å². The van der Waals surface area contributed by atoms with E-state index in [9.17, 15) is 19.2 Å². The second-order valence-electron chi connectivity index (χ2n) is 20.5. The van der Waals surface area contributed by atoms with Crippen molar-refractivity contribution in [3.63, 3.8) is 0 Å². The standard InChI is InChI=1S/C55H64BrN9O5/c1-58-44(32-46-47(56)17-22-57-52(46)58)36-59-23-20-41(21-24-59)40-6-8-42(9-7-40)53(67)62-25-18-38(19-26-62)33-60-27-29-61(30-28-60)34-39-5-14-48-50(31-39)64(43-10-11-43)55(69)65(48)49-15-16-51(66)63(54(49)68)35-37-3-12-45(70-2)13-4-37/h3-9,12-14,17,22,31-32,38,41,43,49H,10-11,15-16,18-21,23-30,33-36H2,1-2H3. The first-order valence-electron chi connectivity index (χ1n) is 25.5. The van der Waals surface area contributed by atoms with Gasteiger partial charge in [-0.3, -0.25) is 38.2 Å². The monoisotopic (exact) mass is 1010 g/mol. The van der Waals surface area contributed by atoms with Gasteiger partial charge in [-0.15, -0.1) is 0 Å². The van der Waals surface area contributed by atoms with Crippen LogP contribution in [0.15, 0.2) is 94.3 Å². The van der Waals surface area contributed by atoms with Crippen molar-refractivity contribution in [2.45, 2.75) is 89.0 Å². The number of nitrogens with zero attached hydrogens (tertiary/aromatic N) is 9. The summed E-state index contributed by atoms with van der Waals surface area (Å²) >= 11 is 3.68. The van der Waals surface area contributed by atoms with Crippen LogP contribution in [0, 0.1) is 5.92 Å². The Morgan fingerprint density at radius 1 is 0.700 bits per heavy atom. The number of imide groups is 1. The number of hydrogen-bond donors (Lipinski definition) is 0. The number of imidazole rings is 1. The predicted octanol–water partition coefficient (Wildman–Crippen LogP) is 7.74. The molecule has 0 N–H and O–H groups in total. The maximum absolute atomic E-state index is 14.2. The number of pyridine rings is 1. The van der Waals surface area contributed by atoms with Crippen molar-refractivity contribution in [3.8, 4) is 5.75 Å². The highest BCUT2D eigenvalue weighted by Gasteiger charge is 2.39. The Morgan fingerprint density at radius 3 is 2.10 bits per heavy atom. The van der Waals surface area contributed by atoms with E-state index in [1.165, 1.54) is 16.2 Å². The molecule has 1 saturated carbocycles. The number of aryl methyl sites for hydroxylation is 1. The molecule has 5 fully saturated rings. The number of halogens is 1. The van der Waals surface area contributed by atoms with Crippen molar-refractivity contribution in [1.29, 1.82) is 0 Å². The van der Waals surface area contributed by atoms with Crippen molar-refractivity contribution in [3.05, 3.63) is 128 Å². The molecule has 4 saturated heterocycles. The van der Waals surface area contributed by atoms with E-state index in [4.69, 9.17) is 4.74 Å². The van der Waals surface area contributed by atoms with Crippen LogP contribution < -0.4 is 10.4 Å². The highest BCUT2D eigenvalue weighted by Crippen LogP contribution is 2.38. The molecule has 11 rings (SSSR count). The third kappa shape index (κ3) is 9.49. The minimum Gasteiger partial charge on any atom is -0.497 e. The van der Waals surface area contributed by atoms with E-state index < -0.39 is 6.04 Å². The second kappa shape index (κ2) is 19.9. The Bertz CT molecular complexity index is 2950. The minimum atomic E-state index is -0.731. The van der Waals surface area contributed by atoms with Gasteiger partial charge in [0, 0.05) is 106 Å². The zero-order valence-electron chi connectivity index (χ0n) is 40.5. The lowest BCUT2D eigenvalue weighted by Crippen LogP contribution is -2.48. The number of likely N-dealkylation sites (tertiary alicyclic amines) is 3. The molecule has 1 aliphatic carbocycles. The number of aromatic nitrogens is 4. The number of benzene rings is 3. The van der Waals surface area contributed by atoms with Gasteiger partial charge < -0.3 is 19.1 Å². The summed E-state index contributed by atoms with van der Waals surface area (Å²) < 4.78 is 12.1. The first-order chi connectivity index (χ1) is 34.1. The topological polar surface area (TPSA) is 121 Å². The number of fused-ring (bicyclic) bond motifs is 2. The van der Waals surface area contributed by atoms with Gasteiger partial charge in [-0.05, 0) is 151 Å². The molecule has 1 atom stereocenters. The summed E-state index contributed by atoms with van der Waals surface area (Å²) in [5, 5.41) is 1.16. The van der Waals surface area contributed by atoms with Gasteiger partial charge in [-0.1, -0.05) is 30.3 Å². The average molecular weight is 1010 g/mol. The van der Waals surface area contributed by atoms with Gasteiger partial charge in [0.2, 0.25) is 5.91 Å². The first kappa shape index (κ1) is 46.8. The van der Waals surface area contributed by atoms with E-state index in [2.05, 4.69) is 94.6 Å². The molecule has 3 aromatic heterocycles. The van der Waals surface area contributed by atoms with Crippen LogP contribution in [-0.2, 0) is 36.3 Å². The zero-order chi connectivity index (χ0) is 48.0. The Labute approximate surface area is 417 Å². The third-order valence-corrected chi connectivity index (χ3v) is 16.7. The summed E-state index contributed by atoms with van der Waals surface area (Å²) in [7, 11) is 3.71. The van der Waals surface area contributed by atoms with Crippen LogP contribution >= 0.6 is 15.9 Å². The molecule has 1 unspecified atom stereocenters. The van der Waals surface area contributed by atoms with Gasteiger partial charge in [0.05, 0.1) is 24.7 Å². The molecule has 3 amide bonds. The summed E-state index contributed by atoms with van der Waals surface area (Å²) in [4.78, 5) is 70.6. The number of piperazine rings is 1. The van der Waals surface area contributed by atoms with E-state index in [0.29, 0.717) is 24.0 Å². The number of carbonyl (C=O) groups excluding carboxylic acids is 3. The molecule has 3 aromatic carbocycles. The van der Waals surface area contributed by atoms with Crippen LogP contribution in [-0.4, -0.2) is 127 Å². The zero-order valence-corrected chi connectivity index (χ0v) is 42.1. The number of amides is 3. The molecule has 70 heavy (non-hydrogen) atoms. The number of carbonyl (C=O) groups is 3. The third-order valence-electron chi connectivity index (χ3n) is 16.0. The van der Waals surface area contributed by atoms with Crippen molar-refractivity contribution in [2.75, 3.05) is 66.0 Å². The molecule has 7 heterocycles. The number of ether oxygens (including phenoxy) is 1. The van der Waals surface area contributed by atoms with E-state index in [0.717, 1.165) is 154 Å². The molecule has 0 radical (unpaired) electrons. The van der Waals surface area contributed by atoms with Crippen LogP contribution in [0.1, 0.15) is 102 Å². The van der Waals surface area contributed by atoms with Crippen LogP contribution in [0.2, 0.25) is 0 Å². The van der Waals surface area contributed by atoms with Crippen molar-refractivity contribution in [2.24, 2.45) is 13.0 Å². The van der Waals surface area contributed by atoms with E-state index in [1.54, 1.807) is 11.7 Å². The van der Waals surface area contributed by atoms with E-state index in [1.807, 2.05) is 47.2 Å². The van der Waals surface area contributed by atoms with Crippen molar-refractivity contribution >= 4 is 55.7 Å². The molecule has 14 nitrogen and oxygen atoms in total. The maximum Gasteiger partial charge on any atom is 0.330 e. The highest BCUT2D eigenvalue weighted by atomic mass is 79.9. The number of piperidine rings is 3. The molecule has 0 bridgehead atoms. The lowest BCUT2D eigenvalue weighted by atomic mass is 9.88. The fourth-order valence-corrected chi connectivity index (χ4v) is 12.1. The van der Waals surface area contributed by atoms with Gasteiger partial charge in [0.15, 0.2) is 0 Å². The molecule has 366 valence electrons. The molecular weight excluding hydrogens is 947 g/mol. The lowest BCUT2D eigenvalue weighted by molar-refractivity contribution is -0.151. The van der Waals surface area contributed by atoms with Gasteiger partial charge in [0.25, 0.3) is 11.8 Å². The Morgan fingerprint density at radius 2 is 1.40 bits per heavy atom. The number of hydrogen-bond acceptors (Lipinski definition) is 9. The summed E-state index contributed by atoms with van der Waals surface area (Å²) in [6.45, 7) is 10.6. The smallest absolute Gasteiger partial charge is 0.330 e. The Hall–Kier alpha value is -5.61. The van der Waals surface area contributed by atoms with Gasteiger partial charge in [-0.25, -0.2) is 9.78 Å². The van der Waals surface area contributed by atoms with Crippen molar-refractivity contribution < 1.29 is 19.1 Å². The predicted molar refractivity (Wildman–Crippen MR) is 274 cm³/mol. The summed E-state index contributed by atoms with van der Waals surface area (Å²) in [6, 6.07) is 25.8. The molecule has 4 aliphatic heterocycles. The number of methoxy groups -OCH3 is 1. The number of rotatable bonds is 13. The van der Waals surface area contributed by atoms with Gasteiger partial charge in [-0.2, -0.15) is 0 Å². The average Bonchev–Trinajstić information content (AvgIpc) is 4.11. The fourth-order valence-electron chi connectivity index (χ4n) is 11.7. The quantitative estimate of drug-likeness (QED) is 0.107. The SMILES string of the molecule is COc1ccc(CN2C(=O)CCC(n3c(=O)n(C4CC4)c4cc(CN5CCN(CC6CCN(C(=O)c7ccc(C8CCN(Cc9cc%10c(Br)ccnc%10n9C)CC8)cc7)CC6)CC5)ccc43)C2=O)cc1. The van der Waals surface area contributed by atoms with Crippen LogP contribution in [0.5, 0.6) is 5.75 Å². The highest BCUT2D eigenvalue weighted by molar-refractivity contribution is 9.10. The van der Waals surface area contributed by atoms with Gasteiger partial charge in [0.1, 0.15) is 17.4 Å². The molecule has 15 heteroatoms. The summed E-state index contributed by atoms with van der Waals surface area (Å²) in [5.41, 5.74) is 7.90.